The summed E-state index contributed by atoms with van der Waals surface area (Å²) in [6, 6.07) is 7.36. The standard InChI is InChI=1S/C10H13NO2/c1-8-3-2-4-9(7-8)13-10(12)5-6-11/h2-4,7H,5-6,11H2,1H3. The van der Waals surface area contributed by atoms with Gasteiger partial charge in [-0.3, -0.25) is 4.79 Å². The van der Waals surface area contributed by atoms with Crippen molar-refractivity contribution >= 4 is 5.97 Å². The number of esters is 1. The summed E-state index contributed by atoms with van der Waals surface area (Å²) in [5.41, 5.74) is 6.28. The normalized spacial score (nSPS) is 9.69. The molecule has 0 saturated carbocycles. The highest BCUT2D eigenvalue weighted by molar-refractivity contribution is 5.72. The summed E-state index contributed by atoms with van der Waals surface area (Å²) in [4.78, 5) is 11.0. The van der Waals surface area contributed by atoms with E-state index in [1.54, 1.807) is 6.07 Å². The van der Waals surface area contributed by atoms with Crippen molar-refractivity contribution in [1.29, 1.82) is 0 Å². The number of carbonyl (C=O) groups is 1. The van der Waals surface area contributed by atoms with E-state index < -0.39 is 0 Å². The van der Waals surface area contributed by atoms with Crippen molar-refractivity contribution in [3.05, 3.63) is 29.8 Å². The Kier molecular flexibility index (Phi) is 3.46. The quantitative estimate of drug-likeness (QED) is 0.561. The number of benzene rings is 1. The van der Waals surface area contributed by atoms with Gasteiger partial charge >= 0.3 is 5.97 Å². The molecule has 0 aromatic heterocycles. The summed E-state index contributed by atoms with van der Waals surface area (Å²) in [6.07, 6.45) is 0.258. The molecule has 1 aromatic rings. The zero-order chi connectivity index (χ0) is 9.68. The van der Waals surface area contributed by atoms with Gasteiger partial charge in [-0.15, -0.1) is 0 Å². The molecule has 0 spiro atoms. The van der Waals surface area contributed by atoms with Crippen LogP contribution in [0.25, 0.3) is 0 Å². The molecular weight excluding hydrogens is 166 g/mol. The largest absolute Gasteiger partial charge is 0.426 e. The van der Waals surface area contributed by atoms with E-state index in [2.05, 4.69) is 0 Å². The zero-order valence-corrected chi connectivity index (χ0v) is 7.62. The average Bonchev–Trinajstić information content (AvgIpc) is 2.04. The maximum atomic E-state index is 11.0. The number of nitrogens with two attached hydrogens (primary N) is 1. The van der Waals surface area contributed by atoms with Gasteiger partial charge in [-0.05, 0) is 24.6 Å². The van der Waals surface area contributed by atoms with Crippen molar-refractivity contribution in [1.82, 2.24) is 0 Å². The molecule has 0 amide bonds. The summed E-state index contributed by atoms with van der Waals surface area (Å²) < 4.78 is 5.02. The minimum Gasteiger partial charge on any atom is -0.426 e. The minimum atomic E-state index is -0.284. The first-order valence-corrected chi connectivity index (χ1v) is 4.20. The minimum absolute atomic E-state index is 0.258. The number of rotatable bonds is 3. The Labute approximate surface area is 77.5 Å². The highest BCUT2D eigenvalue weighted by atomic mass is 16.5. The molecule has 0 heterocycles. The van der Waals surface area contributed by atoms with Crippen LogP contribution in [-0.2, 0) is 4.79 Å². The molecule has 13 heavy (non-hydrogen) atoms. The van der Waals surface area contributed by atoms with Gasteiger partial charge in [0, 0.05) is 6.54 Å². The van der Waals surface area contributed by atoms with E-state index in [-0.39, 0.29) is 12.4 Å². The smallest absolute Gasteiger partial charge is 0.312 e. The van der Waals surface area contributed by atoms with Gasteiger partial charge in [-0.25, -0.2) is 0 Å². The maximum absolute atomic E-state index is 11.0. The monoisotopic (exact) mass is 179 g/mol. The first-order chi connectivity index (χ1) is 6.22. The van der Waals surface area contributed by atoms with E-state index >= 15 is 0 Å². The molecule has 0 radical (unpaired) electrons. The molecule has 1 aromatic carbocycles. The predicted octanol–water partition coefficient (Wildman–Crippen LogP) is 1.25. The van der Waals surface area contributed by atoms with Crippen LogP contribution in [-0.4, -0.2) is 12.5 Å². The van der Waals surface area contributed by atoms with Crippen molar-refractivity contribution in [2.24, 2.45) is 5.73 Å². The summed E-state index contributed by atoms with van der Waals surface area (Å²) in [5.74, 6) is 0.298. The molecule has 1 rings (SSSR count). The molecular formula is C10H13NO2. The molecule has 3 nitrogen and oxygen atoms in total. The lowest BCUT2D eigenvalue weighted by atomic mass is 10.2. The van der Waals surface area contributed by atoms with E-state index in [1.807, 2.05) is 25.1 Å². The third-order valence-corrected chi connectivity index (χ3v) is 1.57. The Morgan fingerprint density at radius 3 is 2.92 bits per heavy atom. The van der Waals surface area contributed by atoms with Gasteiger partial charge in [0.2, 0.25) is 0 Å². The second kappa shape index (κ2) is 4.62. The molecule has 70 valence electrons. The lowest BCUT2D eigenvalue weighted by Crippen LogP contribution is -2.13. The van der Waals surface area contributed by atoms with Crippen molar-refractivity contribution in [3.63, 3.8) is 0 Å². The van der Waals surface area contributed by atoms with Crippen molar-refractivity contribution in [3.8, 4) is 5.75 Å². The summed E-state index contributed by atoms with van der Waals surface area (Å²) in [6.45, 7) is 2.27. The lowest BCUT2D eigenvalue weighted by molar-refractivity contribution is -0.134. The Bertz CT molecular complexity index is 297. The Balaban J connectivity index is 2.58. The first-order valence-electron chi connectivity index (χ1n) is 4.20. The van der Waals surface area contributed by atoms with Crippen molar-refractivity contribution in [2.75, 3.05) is 6.54 Å². The Morgan fingerprint density at radius 2 is 2.31 bits per heavy atom. The number of aryl methyl sites for hydroxylation is 1. The highest BCUT2D eigenvalue weighted by Gasteiger charge is 2.02. The second-order valence-electron chi connectivity index (χ2n) is 2.83. The molecule has 0 fully saturated rings. The molecule has 0 atom stereocenters. The van der Waals surface area contributed by atoms with Crippen molar-refractivity contribution in [2.45, 2.75) is 13.3 Å². The van der Waals surface area contributed by atoms with E-state index in [9.17, 15) is 4.79 Å². The van der Waals surface area contributed by atoms with Gasteiger partial charge in [0.1, 0.15) is 5.75 Å². The van der Waals surface area contributed by atoms with Crippen LogP contribution in [0.3, 0.4) is 0 Å². The molecule has 2 N–H and O–H groups in total. The maximum Gasteiger partial charge on any atom is 0.312 e. The van der Waals surface area contributed by atoms with Crippen LogP contribution in [0.4, 0.5) is 0 Å². The third kappa shape index (κ3) is 3.25. The first kappa shape index (κ1) is 9.74. The van der Waals surface area contributed by atoms with E-state index in [1.165, 1.54) is 0 Å². The molecule has 0 unspecified atom stereocenters. The summed E-state index contributed by atoms with van der Waals surface area (Å²) in [7, 11) is 0. The third-order valence-electron chi connectivity index (χ3n) is 1.57. The SMILES string of the molecule is Cc1cccc(OC(=O)CCN)c1. The lowest BCUT2D eigenvalue weighted by Gasteiger charge is -2.03. The van der Waals surface area contributed by atoms with Crippen LogP contribution >= 0.6 is 0 Å². The fourth-order valence-corrected chi connectivity index (χ4v) is 0.979. The average molecular weight is 179 g/mol. The molecule has 3 heteroatoms. The van der Waals surface area contributed by atoms with E-state index in [0.717, 1.165) is 5.56 Å². The molecule has 0 aliphatic heterocycles. The summed E-state index contributed by atoms with van der Waals surface area (Å²) >= 11 is 0. The fraction of sp³-hybridized carbons (Fsp3) is 0.300. The van der Waals surface area contributed by atoms with Gasteiger partial charge < -0.3 is 10.5 Å². The molecule has 0 aliphatic rings. The number of hydrogen-bond donors (Lipinski definition) is 1. The van der Waals surface area contributed by atoms with Crippen LogP contribution in [0.15, 0.2) is 24.3 Å². The summed E-state index contributed by atoms with van der Waals surface area (Å²) in [5, 5.41) is 0. The van der Waals surface area contributed by atoms with Crippen LogP contribution in [0.1, 0.15) is 12.0 Å². The van der Waals surface area contributed by atoms with Gasteiger partial charge in [0.05, 0.1) is 6.42 Å². The van der Waals surface area contributed by atoms with E-state index in [4.69, 9.17) is 10.5 Å². The van der Waals surface area contributed by atoms with Gasteiger partial charge in [-0.2, -0.15) is 0 Å². The topological polar surface area (TPSA) is 52.3 Å². The van der Waals surface area contributed by atoms with Gasteiger partial charge in [-0.1, -0.05) is 12.1 Å². The van der Waals surface area contributed by atoms with Crippen LogP contribution in [0, 0.1) is 6.92 Å². The number of ether oxygens (including phenoxy) is 1. The van der Waals surface area contributed by atoms with Gasteiger partial charge in [0.15, 0.2) is 0 Å². The Hall–Kier alpha value is -1.35. The van der Waals surface area contributed by atoms with Crippen LogP contribution in [0.2, 0.25) is 0 Å². The fourth-order valence-electron chi connectivity index (χ4n) is 0.979. The van der Waals surface area contributed by atoms with E-state index in [0.29, 0.717) is 12.3 Å². The second-order valence-corrected chi connectivity index (χ2v) is 2.83. The zero-order valence-electron chi connectivity index (χ0n) is 7.62. The highest BCUT2D eigenvalue weighted by Crippen LogP contribution is 2.12. The van der Waals surface area contributed by atoms with Crippen LogP contribution < -0.4 is 10.5 Å². The molecule has 0 aliphatic carbocycles. The van der Waals surface area contributed by atoms with Crippen molar-refractivity contribution < 1.29 is 9.53 Å². The Morgan fingerprint density at radius 1 is 1.54 bits per heavy atom. The molecule has 0 saturated heterocycles. The number of carbonyl (C=O) groups excluding carboxylic acids is 1. The molecule has 0 bridgehead atoms. The van der Waals surface area contributed by atoms with Crippen LogP contribution in [0.5, 0.6) is 5.75 Å². The van der Waals surface area contributed by atoms with Gasteiger partial charge in [0.25, 0.3) is 0 Å². The predicted molar refractivity (Wildman–Crippen MR) is 50.5 cm³/mol. The number of hydrogen-bond acceptors (Lipinski definition) is 3.